The minimum Gasteiger partial charge on any atom is -0.440 e. The van der Waals surface area contributed by atoms with Gasteiger partial charge in [-0.15, -0.1) is 0 Å². The Hall–Kier alpha value is -3.00. The number of ether oxygens (including phenoxy) is 1. The highest BCUT2D eigenvalue weighted by molar-refractivity contribution is 5.59. The molecule has 0 spiro atoms. The number of benzene rings is 2. The molecule has 0 unspecified atom stereocenters. The zero-order valence-corrected chi connectivity index (χ0v) is 11.0. The van der Waals surface area contributed by atoms with Gasteiger partial charge in [-0.2, -0.15) is 5.26 Å². The minimum atomic E-state index is -0.597. The molecule has 21 heavy (non-hydrogen) atoms. The lowest BCUT2D eigenvalue weighted by atomic mass is 9.83. The van der Waals surface area contributed by atoms with E-state index in [-0.39, 0.29) is 11.5 Å². The monoisotopic (exact) mass is 281 g/mol. The second-order valence-corrected chi connectivity index (χ2v) is 4.74. The molecule has 0 radical (unpaired) electrons. The number of allylic oxidation sites excluding steroid dienone is 1. The molecule has 4 nitrogen and oxygen atoms in total. The van der Waals surface area contributed by atoms with Crippen molar-refractivity contribution in [3.63, 3.8) is 0 Å². The fourth-order valence-electron chi connectivity index (χ4n) is 2.50. The molecule has 0 bridgehead atoms. The van der Waals surface area contributed by atoms with Gasteiger partial charge in [-0.1, -0.05) is 24.3 Å². The number of halogens is 1. The first-order valence-electron chi connectivity index (χ1n) is 6.33. The molecular weight excluding hydrogens is 269 g/mol. The van der Waals surface area contributed by atoms with E-state index in [1.807, 2.05) is 6.07 Å². The van der Waals surface area contributed by atoms with E-state index >= 15 is 0 Å². The minimum absolute atomic E-state index is 0.0242. The lowest BCUT2D eigenvalue weighted by Crippen LogP contribution is -2.21. The molecule has 0 saturated carbocycles. The molecule has 2 aromatic carbocycles. The Labute approximate surface area is 121 Å². The summed E-state index contributed by atoms with van der Waals surface area (Å²) in [6.07, 6.45) is 0. The molecule has 1 aliphatic rings. The van der Waals surface area contributed by atoms with E-state index in [0.717, 1.165) is 0 Å². The van der Waals surface area contributed by atoms with Crippen molar-refractivity contribution in [3.05, 3.63) is 70.9 Å². The van der Waals surface area contributed by atoms with Crippen LogP contribution in [0.2, 0.25) is 0 Å². The van der Waals surface area contributed by atoms with Gasteiger partial charge in [-0.05, 0) is 12.1 Å². The normalized spacial score (nSPS) is 16.9. The van der Waals surface area contributed by atoms with E-state index in [1.165, 1.54) is 6.07 Å². The highest BCUT2D eigenvalue weighted by Gasteiger charge is 2.32. The van der Waals surface area contributed by atoms with E-state index in [0.29, 0.717) is 22.6 Å². The van der Waals surface area contributed by atoms with E-state index in [2.05, 4.69) is 0 Å². The second-order valence-electron chi connectivity index (χ2n) is 4.74. The first-order chi connectivity index (χ1) is 10.1. The predicted molar refractivity (Wildman–Crippen MR) is 76.6 cm³/mol. The van der Waals surface area contributed by atoms with Crippen LogP contribution in [0.4, 0.5) is 10.1 Å². The largest absolute Gasteiger partial charge is 0.440 e. The van der Waals surface area contributed by atoms with Crippen molar-refractivity contribution in [1.82, 2.24) is 0 Å². The first kappa shape index (κ1) is 13.0. The molecule has 0 saturated heterocycles. The summed E-state index contributed by atoms with van der Waals surface area (Å²) in [4.78, 5) is 0. The molecule has 0 aliphatic carbocycles. The summed E-state index contributed by atoms with van der Waals surface area (Å²) < 4.78 is 19.6. The van der Waals surface area contributed by atoms with Crippen molar-refractivity contribution in [2.45, 2.75) is 5.92 Å². The quantitative estimate of drug-likeness (QED) is 0.787. The average molecular weight is 281 g/mol. The van der Waals surface area contributed by atoms with Crippen LogP contribution >= 0.6 is 0 Å². The number of nitrogens with two attached hydrogens (primary N) is 2. The van der Waals surface area contributed by atoms with Crippen LogP contribution in [0.25, 0.3) is 0 Å². The maximum atomic E-state index is 14.1. The van der Waals surface area contributed by atoms with Gasteiger partial charge in [-0.3, -0.25) is 0 Å². The van der Waals surface area contributed by atoms with Gasteiger partial charge >= 0.3 is 0 Å². The van der Waals surface area contributed by atoms with E-state index in [4.69, 9.17) is 16.2 Å². The summed E-state index contributed by atoms with van der Waals surface area (Å²) in [5.74, 6) is -0.572. The molecule has 0 fully saturated rings. The molecular formula is C16H12FN3O. The maximum Gasteiger partial charge on any atom is 0.205 e. The number of nitrogens with zero attached hydrogens (tertiary/aromatic N) is 1. The molecule has 2 aromatic rings. The smallest absolute Gasteiger partial charge is 0.205 e. The molecule has 0 aromatic heterocycles. The molecule has 0 amide bonds. The zero-order chi connectivity index (χ0) is 15.0. The Morgan fingerprint density at radius 3 is 2.57 bits per heavy atom. The summed E-state index contributed by atoms with van der Waals surface area (Å²) in [5.41, 5.74) is 13.3. The molecule has 104 valence electrons. The van der Waals surface area contributed by atoms with E-state index in [1.54, 1.807) is 36.4 Å². The number of nitrogen functional groups attached to an aromatic ring is 1. The summed E-state index contributed by atoms with van der Waals surface area (Å²) in [7, 11) is 0. The van der Waals surface area contributed by atoms with Crippen LogP contribution in [0.1, 0.15) is 17.0 Å². The van der Waals surface area contributed by atoms with Crippen molar-refractivity contribution in [1.29, 1.82) is 5.26 Å². The Morgan fingerprint density at radius 2 is 1.86 bits per heavy atom. The van der Waals surface area contributed by atoms with Crippen LogP contribution < -0.4 is 16.2 Å². The van der Waals surface area contributed by atoms with Crippen LogP contribution in [0.15, 0.2) is 53.9 Å². The fourth-order valence-corrected chi connectivity index (χ4v) is 2.50. The topological polar surface area (TPSA) is 85.1 Å². The number of rotatable bonds is 1. The highest BCUT2D eigenvalue weighted by Crippen LogP contribution is 2.43. The fraction of sp³-hybridized carbons (Fsp3) is 0.0625. The SMILES string of the molecule is N#CC1=C(N)Oc2cc(N)ccc2[C@@H]1c1ccccc1F. The van der Waals surface area contributed by atoms with Crippen LogP contribution in [0, 0.1) is 17.1 Å². The van der Waals surface area contributed by atoms with Gasteiger partial charge in [0.25, 0.3) is 0 Å². The molecule has 3 rings (SSSR count). The Balaban J connectivity index is 2.27. The number of hydrogen-bond acceptors (Lipinski definition) is 4. The van der Waals surface area contributed by atoms with E-state index < -0.39 is 11.7 Å². The molecule has 1 aliphatic heterocycles. The number of fused-ring (bicyclic) bond motifs is 1. The van der Waals surface area contributed by atoms with Crippen molar-refractivity contribution in [3.8, 4) is 11.8 Å². The van der Waals surface area contributed by atoms with Crippen LogP contribution in [-0.4, -0.2) is 0 Å². The summed E-state index contributed by atoms with van der Waals surface area (Å²) in [5, 5.41) is 9.35. The van der Waals surface area contributed by atoms with Gasteiger partial charge in [0.15, 0.2) is 0 Å². The third-order valence-electron chi connectivity index (χ3n) is 3.46. The molecule has 1 atom stereocenters. The van der Waals surface area contributed by atoms with Gasteiger partial charge in [-0.25, -0.2) is 4.39 Å². The number of nitriles is 1. The number of anilines is 1. The second kappa shape index (κ2) is 4.84. The summed E-state index contributed by atoms with van der Waals surface area (Å²) in [6, 6.07) is 13.4. The third kappa shape index (κ3) is 2.07. The summed E-state index contributed by atoms with van der Waals surface area (Å²) in [6.45, 7) is 0. The summed E-state index contributed by atoms with van der Waals surface area (Å²) >= 11 is 0. The van der Waals surface area contributed by atoms with Gasteiger partial charge in [0.05, 0.1) is 5.92 Å². The highest BCUT2D eigenvalue weighted by atomic mass is 19.1. The number of hydrogen-bond donors (Lipinski definition) is 2. The van der Waals surface area contributed by atoms with Crippen LogP contribution in [0.3, 0.4) is 0 Å². The lowest BCUT2D eigenvalue weighted by Gasteiger charge is -2.26. The van der Waals surface area contributed by atoms with Crippen molar-refractivity contribution < 1.29 is 9.13 Å². The van der Waals surface area contributed by atoms with Crippen LogP contribution in [0.5, 0.6) is 5.75 Å². The molecule has 1 heterocycles. The maximum absolute atomic E-state index is 14.1. The van der Waals surface area contributed by atoms with Gasteiger partial charge in [0, 0.05) is 22.9 Å². The first-order valence-corrected chi connectivity index (χ1v) is 6.33. The Morgan fingerprint density at radius 1 is 1.10 bits per heavy atom. The van der Waals surface area contributed by atoms with Crippen molar-refractivity contribution in [2.75, 3.05) is 5.73 Å². The van der Waals surface area contributed by atoms with Gasteiger partial charge in [0.1, 0.15) is 23.2 Å². The van der Waals surface area contributed by atoms with Crippen LogP contribution in [-0.2, 0) is 0 Å². The lowest BCUT2D eigenvalue weighted by molar-refractivity contribution is 0.393. The third-order valence-corrected chi connectivity index (χ3v) is 3.46. The molecule has 4 N–H and O–H groups in total. The molecule has 5 heteroatoms. The zero-order valence-electron chi connectivity index (χ0n) is 11.0. The van der Waals surface area contributed by atoms with Crippen molar-refractivity contribution in [2.24, 2.45) is 5.73 Å². The Kier molecular flexibility index (Phi) is 2.99. The van der Waals surface area contributed by atoms with Gasteiger partial charge in [0.2, 0.25) is 5.88 Å². The predicted octanol–water partition coefficient (Wildman–Crippen LogP) is 2.63. The average Bonchev–Trinajstić information content (AvgIpc) is 2.46. The van der Waals surface area contributed by atoms with E-state index in [9.17, 15) is 9.65 Å². The van der Waals surface area contributed by atoms with Crippen molar-refractivity contribution >= 4 is 5.69 Å². The van der Waals surface area contributed by atoms with Gasteiger partial charge < -0.3 is 16.2 Å². The Bertz CT molecular complexity index is 792. The standard InChI is InChI=1S/C16H12FN3O/c17-13-4-2-1-3-10(13)15-11-6-5-9(19)7-14(11)21-16(20)12(15)8-18/h1-7,15H,19-20H2/t15-/m0/s1.